The first-order chi connectivity index (χ1) is 12.7. The number of nitrogens with zero attached hydrogens (tertiary/aromatic N) is 3. The van der Waals surface area contributed by atoms with Crippen molar-refractivity contribution in [2.24, 2.45) is 3.50 Å². The van der Waals surface area contributed by atoms with Gasteiger partial charge in [0, 0.05) is 0 Å². The standard InChI is InChI=1S/C12H24N2.2C4H11Si.C3H7N.W/c1-7-11(3,4)13-9-10-14-12(5,6)8-2;2*1-5(2,3)4;1-2-3-4;/h9-10H,7-8H2,1-6H3;2*1H2,2-4H3;2-3H2,1H3;/q-2;2*-1;;/b10-9-;;;;. The van der Waals surface area contributed by atoms with E-state index in [2.05, 4.69) is 115 Å². The minimum atomic E-state index is -0.861. The third-order valence-corrected chi connectivity index (χ3v) is 3.62. The van der Waals surface area contributed by atoms with E-state index in [4.69, 9.17) is 0 Å². The second-order valence-electron chi connectivity index (χ2n) is 10.9. The molecule has 0 fully saturated rings. The average Bonchev–Trinajstić information content (AvgIpc) is 2.50. The van der Waals surface area contributed by atoms with Gasteiger partial charge in [-0.25, -0.2) is 12.4 Å². The smallest absolute Gasteiger partial charge is 0.0951 e. The van der Waals surface area contributed by atoms with Crippen LogP contribution in [0.1, 0.15) is 67.7 Å². The van der Waals surface area contributed by atoms with Crippen LogP contribution in [-0.2, 0) is 19.6 Å². The SMILES string of the molecule is CCC(C)(C)[N-]/C=C\[N-]C(C)(C)CC.CCC[N]=[W].[CH2-][Si](C)(C)C.[CH2-][Si](C)(C)C. The van der Waals surface area contributed by atoms with Crippen molar-refractivity contribution in [1.29, 1.82) is 0 Å². The Bertz CT molecular complexity index is 352. The van der Waals surface area contributed by atoms with Crippen molar-refractivity contribution in [2.75, 3.05) is 6.54 Å². The number of hydrogen-bond acceptors (Lipinski definition) is 1. The molecular weight excluding hydrogens is 558 g/mol. The van der Waals surface area contributed by atoms with Gasteiger partial charge in [0.1, 0.15) is 0 Å². The predicted octanol–water partition coefficient (Wildman–Crippen LogP) is 9.10. The van der Waals surface area contributed by atoms with Crippen LogP contribution in [0.5, 0.6) is 0 Å². The quantitative estimate of drug-likeness (QED) is 0.194. The molecule has 0 saturated carbocycles. The van der Waals surface area contributed by atoms with E-state index >= 15 is 0 Å². The predicted molar refractivity (Wildman–Crippen MR) is 140 cm³/mol. The van der Waals surface area contributed by atoms with E-state index in [0.717, 1.165) is 19.4 Å². The van der Waals surface area contributed by atoms with Gasteiger partial charge in [0.15, 0.2) is 0 Å². The molecule has 0 amide bonds. The normalized spacial score (nSPS) is 11.8. The summed E-state index contributed by atoms with van der Waals surface area (Å²) in [5.74, 6) is 0. The molecule has 29 heavy (non-hydrogen) atoms. The summed E-state index contributed by atoms with van der Waals surface area (Å²) in [6.07, 6.45) is 6.94. The van der Waals surface area contributed by atoms with Gasteiger partial charge in [0.2, 0.25) is 0 Å². The summed E-state index contributed by atoms with van der Waals surface area (Å²) in [5.41, 5.74) is 0.0881. The third kappa shape index (κ3) is 65.4. The maximum atomic E-state index is 4.44. The molecule has 178 valence electrons. The monoisotopic (exact) mass is 611 g/mol. The van der Waals surface area contributed by atoms with Crippen LogP contribution < -0.4 is 0 Å². The summed E-state index contributed by atoms with van der Waals surface area (Å²) in [7, 11) is -1.72. The third-order valence-electron chi connectivity index (χ3n) is 2.96. The largest absolute Gasteiger partial charge is 0.342 e. The fourth-order valence-electron chi connectivity index (χ4n) is 0.744. The van der Waals surface area contributed by atoms with Crippen LogP contribution >= 0.6 is 0 Å². The van der Waals surface area contributed by atoms with E-state index in [1.54, 1.807) is 0 Å². The molecule has 0 spiro atoms. The zero-order chi connectivity index (χ0) is 24.4. The van der Waals surface area contributed by atoms with Crippen LogP contribution in [-0.4, -0.2) is 33.8 Å². The van der Waals surface area contributed by atoms with Gasteiger partial charge < -0.3 is 23.7 Å². The molecule has 0 aromatic rings. The van der Waals surface area contributed by atoms with Gasteiger partial charge in [-0.2, -0.15) is 0 Å². The molecule has 0 radical (unpaired) electrons. The fourth-order valence-corrected chi connectivity index (χ4v) is 1.40. The topological polar surface area (TPSA) is 40.6 Å². The molecule has 0 aliphatic heterocycles. The molecule has 0 aromatic heterocycles. The molecule has 0 rings (SSSR count). The van der Waals surface area contributed by atoms with Crippen molar-refractivity contribution >= 4 is 16.1 Å². The Morgan fingerprint density at radius 3 is 1.10 bits per heavy atom. The summed E-state index contributed by atoms with van der Waals surface area (Å²) in [6, 6.07) is 0. The molecule has 0 aliphatic carbocycles. The molecule has 0 atom stereocenters. The summed E-state index contributed by atoms with van der Waals surface area (Å²) >= 11 is 1.35. The van der Waals surface area contributed by atoms with Gasteiger partial charge in [0.25, 0.3) is 0 Å². The molecule has 0 saturated heterocycles. The van der Waals surface area contributed by atoms with Crippen LogP contribution in [0.3, 0.4) is 0 Å². The Hall–Kier alpha value is 0.262. The van der Waals surface area contributed by atoms with Crippen LogP contribution in [0.4, 0.5) is 0 Å². The van der Waals surface area contributed by atoms with Crippen LogP contribution in [0.2, 0.25) is 39.3 Å². The Labute approximate surface area is 199 Å². The Morgan fingerprint density at radius 2 is 1.00 bits per heavy atom. The van der Waals surface area contributed by atoms with Crippen LogP contribution in [0.25, 0.3) is 10.6 Å². The maximum Gasteiger partial charge on any atom is -0.0951 e. The maximum absolute atomic E-state index is 4.44. The summed E-state index contributed by atoms with van der Waals surface area (Å²) < 4.78 is 3.94. The second kappa shape index (κ2) is 19.0. The average molecular weight is 612 g/mol. The zero-order valence-electron chi connectivity index (χ0n) is 22.1. The molecule has 3 nitrogen and oxygen atoms in total. The second-order valence-corrected chi connectivity index (χ2v) is 22.0. The van der Waals surface area contributed by atoms with Crippen molar-refractivity contribution in [2.45, 2.75) is 118 Å². The summed E-state index contributed by atoms with van der Waals surface area (Å²) in [6.45, 7) is 37.1. The summed E-state index contributed by atoms with van der Waals surface area (Å²) in [5, 5.41) is 8.88. The van der Waals surface area contributed by atoms with E-state index in [1.165, 1.54) is 26.1 Å². The van der Waals surface area contributed by atoms with Crippen molar-refractivity contribution in [3.63, 3.8) is 0 Å². The van der Waals surface area contributed by atoms with Gasteiger partial charge in [-0.3, -0.25) is 0 Å². The fraction of sp³-hybridized carbons (Fsp3) is 0.826. The van der Waals surface area contributed by atoms with Gasteiger partial charge in [0.05, 0.1) is 0 Å². The van der Waals surface area contributed by atoms with Crippen LogP contribution in [0.15, 0.2) is 15.9 Å². The van der Waals surface area contributed by atoms with E-state index in [1.807, 2.05) is 12.4 Å². The zero-order valence-corrected chi connectivity index (χ0v) is 27.1. The van der Waals surface area contributed by atoms with E-state index in [0.29, 0.717) is 0 Å². The molecule has 6 heteroatoms. The Balaban J connectivity index is -0.000000171. The van der Waals surface area contributed by atoms with Crippen molar-refractivity contribution in [3.05, 3.63) is 36.1 Å². The van der Waals surface area contributed by atoms with Gasteiger partial charge >= 0.3 is 43.0 Å². The van der Waals surface area contributed by atoms with E-state index in [9.17, 15) is 0 Å². The molecule has 0 heterocycles. The first-order valence-electron chi connectivity index (χ1n) is 10.8. The molecule has 0 aliphatic rings. The Kier molecular flexibility index (Phi) is 24.0. The molecule has 0 N–H and O–H groups in total. The van der Waals surface area contributed by atoms with Crippen LogP contribution in [0, 0.1) is 13.1 Å². The minimum Gasteiger partial charge on any atom is -0.342 e. The van der Waals surface area contributed by atoms with Gasteiger partial charge in [-0.05, 0) is 0 Å². The number of hydrogen-bond donors (Lipinski definition) is 0. The molecule has 0 aromatic carbocycles. The van der Waals surface area contributed by atoms with Crippen molar-refractivity contribution in [1.82, 2.24) is 0 Å². The molecule has 0 bridgehead atoms. The molecule has 0 unspecified atom stereocenters. The summed E-state index contributed by atoms with van der Waals surface area (Å²) in [4.78, 5) is 0. The Morgan fingerprint density at radius 1 is 0.759 bits per heavy atom. The minimum absolute atomic E-state index is 0.0440. The molecular formula is C23H53N3Si2W-4. The van der Waals surface area contributed by atoms with Crippen molar-refractivity contribution < 1.29 is 19.6 Å². The number of rotatable bonds is 8. The van der Waals surface area contributed by atoms with E-state index in [-0.39, 0.29) is 11.1 Å². The van der Waals surface area contributed by atoms with Gasteiger partial charge in [-0.15, -0.1) is 27.2 Å². The van der Waals surface area contributed by atoms with Crippen molar-refractivity contribution in [3.8, 4) is 0 Å². The first kappa shape index (κ1) is 36.6. The first-order valence-corrected chi connectivity index (χ1v) is 19.6. The van der Waals surface area contributed by atoms with E-state index < -0.39 is 16.1 Å². The van der Waals surface area contributed by atoms with Gasteiger partial charge in [-0.1, -0.05) is 93.7 Å².